The molecule has 0 bridgehead atoms. The van der Waals surface area contributed by atoms with Crippen LogP contribution in [0.3, 0.4) is 0 Å². The lowest BCUT2D eigenvalue weighted by molar-refractivity contribution is -0.0988. The van der Waals surface area contributed by atoms with Crippen molar-refractivity contribution in [2.24, 2.45) is 0 Å². The van der Waals surface area contributed by atoms with E-state index in [4.69, 9.17) is 9.47 Å². The van der Waals surface area contributed by atoms with Gasteiger partial charge in [0.05, 0.1) is 37.3 Å². The minimum absolute atomic E-state index is 0.139. The van der Waals surface area contributed by atoms with Crippen LogP contribution in [0, 0.1) is 0 Å². The number of hydrogen-bond acceptors (Lipinski definition) is 5. The Labute approximate surface area is 212 Å². The highest BCUT2D eigenvalue weighted by Crippen LogP contribution is 2.33. The summed E-state index contributed by atoms with van der Waals surface area (Å²) in [6.45, 7) is 12.3. The van der Waals surface area contributed by atoms with E-state index in [-0.39, 0.29) is 30.2 Å². The molecule has 2 aromatic rings. The third-order valence-corrected chi connectivity index (χ3v) is 6.86. The average molecular weight is 501 g/mol. The lowest BCUT2D eigenvalue weighted by atomic mass is 9.91. The number of fused-ring (bicyclic) bond motifs is 1. The number of carbonyl (C=O) groups excluding carboxylic acids is 2. The first-order valence-electron chi connectivity index (χ1n) is 12.6. The standard InChI is InChI=1S/C27H37FN4O4/c1-18(19-9-7-8-10-20(19)27(5,6)28)32-17-29-15-22(32)24(33)30-12-11-21-23(16-30)35-14-13-31(21)25(34)36-26(2,3)4/h7-10,15,17-18,21,23H,11-14,16H2,1-6H3/t18-,21+,23+/m0/s1. The van der Waals surface area contributed by atoms with E-state index in [9.17, 15) is 14.0 Å². The summed E-state index contributed by atoms with van der Waals surface area (Å²) in [4.78, 5) is 34.1. The highest BCUT2D eigenvalue weighted by Gasteiger charge is 2.42. The summed E-state index contributed by atoms with van der Waals surface area (Å²) in [5, 5.41) is 0. The number of hydrogen-bond donors (Lipinski definition) is 0. The molecule has 8 nitrogen and oxygen atoms in total. The molecule has 36 heavy (non-hydrogen) atoms. The van der Waals surface area contributed by atoms with Crippen LogP contribution >= 0.6 is 0 Å². The monoisotopic (exact) mass is 500 g/mol. The Morgan fingerprint density at radius 2 is 1.89 bits per heavy atom. The van der Waals surface area contributed by atoms with Gasteiger partial charge in [-0.1, -0.05) is 24.3 Å². The number of morpholine rings is 1. The molecule has 0 N–H and O–H groups in total. The Balaban J connectivity index is 1.51. The van der Waals surface area contributed by atoms with Gasteiger partial charge >= 0.3 is 6.09 Å². The predicted octanol–water partition coefficient (Wildman–Crippen LogP) is 4.55. The first-order chi connectivity index (χ1) is 16.9. The molecule has 2 amide bonds. The number of piperidine rings is 1. The molecule has 2 saturated heterocycles. The maximum Gasteiger partial charge on any atom is 0.410 e. The Bertz CT molecular complexity index is 1100. The SMILES string of the molecule is C[C@@H](c1ccccc1C(C)(C)F)n1cncc1C(=O)N1CC[C@@H]2[C@@H](C1)OCCN2C(=O)OC(C)(C)C. The van der Waals surface area contributed by atoms with Crippen LogP contribution in [-0.4, -0.2) is 75.3 Å². The fraction of sp³-hybridized carbons (Fsp3) is 0.593. The average Bonchev–Trinajstić information content (AvgIpc) is 3.30. The number of carbonyl (C=O) groups is 2. The molecule has 2 fully saturated rings. The molecule has 1 aromatic heterocycles. The highest BCUT2D eigenvalue weighted by molar-refractivity contribution is 5.92. The number of amides is 2. The Hall–Kier alpha value is -2.94. The molecule has 3 atom stereocenters. The van der Waals surface area contributed by atoms with E-state index in [2.05, 4.69) is 4.98 Å². The summed E-state index contributed by atoms with van der Waals surface area (Å²) < 4.78 is 28.3. The number of benzene rings is 1. The van der Waals surface area contributed by atoms with Crippen molar-refractivity contribution in [2.75, 3.05) is 26.2 Å². The zero-order valence-electron chi connectivity index (χ0n) is 22.0. The van der Waals surface area contributed by atoms with Gasteiger partial charge in [0.2, 0.25) is 0 Å². The number of rotatable bonds is 4. The summed E-state index contributed by atoms with van der Waals surface area (Å²) in [6.07, 6.45) is 3.14. The Kier molecular flexibility index (Phi) is 7.14. The van der Waals surface area contributed by atoms with Gasteiger partial charge in [0.15, 0.2) is 0 Å². The molecule has 0 unspecified atom stereocenters. The summed E-state index contributed by atoms with van der Waals surface area (Å²) in [6, 6.07) is 6.95. The van der Waals surface area contributed by atoms with Gasteiger partial charge < -0.3 is 23.8 Å². The van der Waals surface area contributed by atoms with E-state index in [0.717, 1.165) is 5.56 Å². The van der Waals surface area contributed by atoms with Crippen LogP contribution in [0.15, 0.2) is 36.8 Å². The van der Waals surface area contributed by atoms with Gasteiger partial charge in [-0.25, -0.2) is 14.2 Å². The smallest absolute Gasteiger partial charge is 0.410 e. The van der Waals surface area contributed by atoms with Gasteiger partial charge in [-0.15, -0.1) is 0 Å². The van der Waals surface area contributed by atoms with E-state index in [1.807, 2.05) is 45.9 Å². The van der Waals surface area contributed by atoms with Crippen LogP contribution in [0.5, 0.6) is 0 Å². The highest BCUT2D eigenvalue weighted by atomic mass is 19.1. The molecule has 3 heterocycles. The molecule has 0 aliphatic carbocycles. The second-order valence-corrected chi connectivity index (χ2v) is 11.1. The third-order valence-electron chi connectivity index (χ3n) is 6.86. The van der Waals surface area contributed by atoms with Gasteiger partial charge in [-0.2, -0.15) is 0 Å². The van der Waals surface area contributed by atoms with Crippen molar-refractivity contribution in [1.82, 2.24) is 19.4 Å². The summed E-state index contributed by atoms with van der Waals surface area (Å²) in [5.74, 6) is -0.159. The molecule has 0 radical (unpaired) electrons. The number of likely N-dealkylation sites (tertiary alicyclic amines) is 1. The first-order valence-corrected chi connectivity index (χ1v) is 12.6. The van der Waals surface area contributed by atoms with Crippen LogP contribution < -0.4 is 0 Å². The second-order valence-electron chi connectivity index (χ2n) is 11.1. The van der Waals surface area contributed by atoms with E-state index in [0.29, 0.717) is 43.9 Å². The van der Waals surface area contributed by atoms with Gasteiger partial charge in [-0.05, 0) is 59.1 Å². The van der Waals surface area contributed by atoms with Crippen molar-refractivity contribution in [3.63, 3.8) is 0 Å². The van der Waals surface area contributed by atoms with Crippen LogP contribution in [-0.2, 0) is 15.1 Å². The molecule has 0 spiro atoms. The molecule has 2 aliphatic rings. The normalized spacial score (nSPS) is 21.6. The summed E-state index contributed by atoms with van der Waals surface area (Å²) in [7, 11) is 0. The Morgan fingerprint density at radius 3 is 2.58 bits per heavy atom. The molecular weight excluding hydrogens is 463 g/mol. The number of ether oxygens (including phenoxy) is 2. The Morgan fingerprint density at radius 1 is 1.17 bits per heavy atom. The van der Waals surface area contributed by atoms with Gasteiger partial charge in [0, 0.05) is 19.6 Å². The molecule has 2 aliphatic heterocycles. The molecule has 196 valence electrons. The quantitative estimate of drug-likeness (QED) is 0.616. The van der Waals surface area contributed by atoms with Crippen molar-refractivity contribution in [3.05, 3.63) is 53.6 Å². The number of nitrogens with zero attached hydrogens (tertiary/aromatic N) is 4. The van der Waals surface area contributed by atoms with Gasteiger partial charge in [0.25, 0.3) is 5.91 Å². The molecular formula is C27H37FN4O4. The van der Waals surface area contributed by atoms with E-state index >= 15 is 0 Å². The van der Waals surface area contributed by atoms with E-state index in [1.165, 1.54) is 13.8 Å². The third kappa shape index (κ3) is 5.40. The predicted molar refractivity (Wildman–Crippen MR) is 134 cm³/mol. The van der Waals surface area contributed by atoms with Gasteiger partial charge in [0.1, 0.15) is 17.0 Å². The zero-order valence-corrected chi connectivity index (χ0v) is 22.0. The molecule has 9 heteroatoms. The van der Waals surface area contributed by atoms with Crippen LogP contribution in [0.2, 0.25) is 0 Å². The largest absolute Gasteiger partial charge is 0.444 e. The minimum atomic E-state index is -1.52. The molecule has 4 rings (SSSR count). The summed E-state index contributed by atoms with van der Waals surface area (Å²) >= 11 is 0. The number of alkyl halides is 1. The molecule has 1 aromatic carbocycles. The summed E-state index contributed by atoms with van der Waals surface area (Å²) in [5.41, 5.74) is -0.266. The fourth-order valence-electron chi connectivity index (χ4n) is 5.12. The van der Waals surface area contributed by atoms with Crippen molar-refractivity contribution < 1.29 is 23.5 Å². The lowest BCUT2D eigenvalue weighted by Crippen LogP contribution is -2.61. The van der Waals surface area contributed by atoms with Crippen LogP contribution in [0.1, 0.15) is 75.6 Å². The van der Waals surface area contributed by atoms with Crippen LogP contribution in [0.4, 0.5) is 9.18 Å². The first kappa shape index (κ1) is 26.1. The second kappa shape index (κ2) is 9.84. The van der Waals surface area contributed by atoms with Crippen LogP contribution in [0.25, 0.3) is 0 Å². The number of halogens is 1. The maximum atomic E-state index is 14.9. The van der Waals surface area contributed by atoms with Crippen molar-refractivity contribution in [3.8, 4) is 0 Å². The topological polar surface area (TPSA) is 76.9 Å². The van der Waals surface area contributed by atoms with Crippen molar-refractivity contribution in [1.29, 1.82) is 0 Å². The lowest BCUT2D eigenvalue weighted by Gasteiger charge is -2.46. The number of aromatic nitrogens is 2. The van der Waals surface area contributed by atoms with Gasteiger partial charge in [-0.3, -0.25) is 4.79 Å². The fourth-order valence-corrected chi connectivity index (χ4v) is 5.12. The zero-order chi connectivity index (χ0) is 26.3. The van der Waals surface area contributed by atoms with E-state index < -0.39 is 11.3 Å². The molecule has 0 saturated carbocycles. The maximum absolute atomic E-state index is 14.9. The van der Waals surface area contributed by atoms with Crippen molar-refractivity contribution >= 4 is 12.0 Å². The minimum Gasteiger partial charge on any atom is -0.444 e. The van der Waals surface area contributed by atoms with E-state index in [1.54, 1.807) is 33.0 Å². The number of imidazole rings is 1. The van der Waals surface area contributed by atoms with Crippen molar-refractivity contribution in [2.45, 2.75) is 77.4 Å².